The Morgan fingerprint density at radius 3 is 3.13 bits per heavy atom. The van der Waals surface area contributed by atoms with Gasteiger partial charge < -0.3 is 11.1 Å². The first kappa shape index (κ1) is 10.5. The first-order valence-corrected chi connectivity index (χ1v) is 6.29. The van der Waals surface area contributed by atoms with Crippen molar-refractivity contribution < 1.29 is 0 Å². The average molecular weight is 223 g/mol. The molecule has 0 aliphatic heterocycles. The van der Waals surface area contributed by atoms with Crippen molar-refractivity contribution in [1.82, 2.24) is 5.32 Å². The molecule has 0 amide bonds. The van der Waals surface area contributed by atoms with Gasteiger partial charge in [0.2, 0.25) is 0 Å². The highest BCUT2D eigenvalue weighted by atomic mass is 32.1. The monoisotopic (exact) mass is 223 g/mol. The molecule has 1 aromatic heterocycles. The summed E-state index contributed by atoms with van der Waals surface area (Å²) < 4.78 is 0. The smallest absolute Gasteiger partial charge is 0.189 e. The fourth-order valence-electron chi connectivity index (χ4n) is 1.50. The van der Waals surface area contributed by atoms with E-state index in [4.69, 9.17) is 5.73 Å². The molecule has 3 N–H and O–H groups in total. The van der Waals surface area contributed by atoms with Crippen LogP contribution in [0.1, 0.15) is 25.3 Å². The maximum absolute atomic E-state index is 5.79. The van der Waals surface area contributed by atoms with E-state index in [9.17, 15) is 0 Å². The highest BCUT2D eigenvalue weighted by Crippen LogP contribution is 2.22. The summed E-state index contributed by atoms with van der Waals surface area (Å²) in [5.41, 5.74) is 7.15. The van der Waals surface area contributed by atoms with Crippen LogP contribution in [-0.2, 0) is 6.42 Å². The molecule has 15 heavy (non-hydrogen) atoms. The first-order chi connectivity index (χ1) is 7.24. The van der Waals surface area contributed by atoms with Gasteiger partial charge in [-0.2, -0.15) is 11.3 Å². The van der Waals surface area contributed by atoms with Gasteiger partial charge in [0.25, 0.3) is 0 Å². The Balaban J connectivity index is 1.78. The lowest BCUT2D eigenvalue weighted by molar-refractivity contribution is 0.655. The number of aliphatic imine (C=N–C) groups is 1. The number of hydrogen-bond acceptors (Lipinski definition) is 2. The van der Waals surface area contributed by atoms with Crippen molar-refractivity contribution in [2.45, 2.75) is 38.3 Å². The maximum atomic E-state index is 5.79. The van der Waals surface area contributed by atoms with Crippen LogP contribution in [0.15, 0.2) is 21.8 Å². The number of rotatable bonds is 4. The van der Waals surface area contributed by atoms with Gasteiger partial charge in [0.15, 0.2) is 5.96 Å². The van der Waals surface area contributed by atoms with E-state index >= 15 is 0 Å². The van der Waals surface area contributed by atoms with E-state index in [0.717, 1.165) is 6.42 Å². The Kier molecular flexibility index (Phi) is 3.26. The molecule has 0 spiro atoms. The molecule has 0 radical (unpaired) electrons. The van der Waals surface area contributed by atoms with Crippen molar-refractivity contribution in [3.8, 4) is 0 Å². The zero-order valence-electron chi connectivity index (χ0n) is 8.94. The zero-order valence-corrected chi connectivity index (χ0v) is 9.76. The van der Waals surface area contributed by atoms with Crippen LogP contribution >= 0.6 is 11.3 Å². The second-order valence-electron chi connectivity index (χ2n) is 4.13. The molecule has 1 heterocycles. The summed E-state index contributed by atoms with van der Waals surface area (Å²) in [6.07, 6.45) is 3.40. The molecule has 1 aliphatic rings. The predicted octanol–water partition coefficient (Wildman–Crippen LogP) is 1.75. The minimum absolute atomic E-state index is 0.349. The Morgan fingerprint density at radius 1 is 1.73 bits per heavy atom. The van der Waals surface area contributed by atoms with E-state index in [1.54, 1.807) is 11.3 Å². The normalized spacial score (nSPS) is 18.9. The Hall–Kier alpha value is -1.03. The number of thiophene rings is 1. The number of nitrogens with two attached hydrogens (primary N) is 1. The van der Waals surface area contributed by atoms with Crippen molar-refractivity contribution in [3.05, 3.63) is 22.4 Å². The number of guanidine groups is 1. The van der Waals surface area contributed by atoms with Crippen LogP contribution in [0.2, 0.25) is 0 Å². The van der Waals surface area contributed by atoms with Crippen molar-refractivity contribution in [3.63, 3.8) is 0 Å². The van der Waals surface area contributed by atoms with Gasteiger partial charge >= 0.3 is 0 Å². The third kappa shape index (κ3) is 3.55. The average Bonchev–Trinajstić information content (AvgIpc) is 2.80. The minimum Gasteiger partial charge on any atom is -0.370 e. The van der Waals surface area contributed by atoms with Crippen LogP contribution in [0.5, 0.6) is 0 Å². The lowest BCUT2D eigenvalue weighted by Crippen LogP contribution is -2.39. The fraction of sp³-hybridized carbons (Fsp3) is 0.545. The van der Waals surface area contributed by atoms with E-state index in [1.807, 2.05) is 0 Å². The predicted molar refractivity (Wildman–Crippen MR) is 65.3 cm³/mol. The number of hydrogen-bond donors (Lipinski definition) is 2. The molecule has 4 heteroatoms. The van der Waals surface area contributed by atoms with Gasteiger partial charge in [0, 0.05) is 6.04 Å². The van der Waals surface area contributed by atoms with Gasteiger partial charge in [-0.15, -0.1) is 0 Å². The molecule has 2 rings (SSSR count). The van der Waals surface area contributed by atoms with Crippen molar-refractivity contribution in [2.24, 2.45) is 10.7 Å². The van der Waals surface area contributed by atoms with E-state index in [1.165, 1.54) is 18.4 Å². The second-order valence-corrected chi connectivity index (χ2v) is 4.91. The van der Waals surface area contributed by atoms with Crippen LogP contribution in [0.3, 0.4) is 0 Å². The van der Waals surface area contributed by atoms with Gasteiger partial charge in [-0.1, -0.05) is 0 Å². The summed E-state index contributed by atoms with van der Waals surface area (Å²) in [6.45, 7) is 2.13. The number of nitrogens with one attached hydrogen (secondary N) is 1. The molecule has 1 aliphatic carbocycles. The molecular weight excluding hydrogens is 206 g/mol. The van der Waals surface area contributed by atoms with Gasteiger partial charge in [0.05, 0.1) is 6.04 Å². The summed E-state index contributed by atoms with van der Waals surface area (Å²) in [6, 6.07) is 2.99. The molecule has 1 fully saturated rings. The van der Waals surface area contributed by atoms with Crippen LogP contribution in [0.4, 0.5) is 0 Å². The molecule has 1 saturated carbocycles. The third-order valence-electron chi connectivity index (χ3n) is 2.38. The molecule has 0 aromatic carbocycles. The highest BCUT2D eigenvalue weighted by molar-refractivity contribution is 7.07. The topological polar surface area (TPSA) is 50.4 Å². The Bertz CT molecular complexity index is 328. The van der Waals surface area contributed by atoms with Crippen molar-refractivity contribution >= 4 is 17.3 Å². The molecule has 3 nitrogen and oxygen atoms in total. The van der Waals surface area contributed by atoms with E-state index in [2.05, 4.69) is 34.1 Å². The largest absolute Gasteiger partial charge is 0.370 e. The van der Waals surface area contributed by atoms with E-state index < -0.39 is 0 Å². The van der Waals surface area contributed by atoms with E-state index in [-0.39, 0.29) is 0 Å². The van der Waals surface area contributed by atoms with Gasteiger partial charge in [-0.25, -0.2) is 0 Å². The SMILES string of the molecule is CC(Cc1ccsc1)NC(N)=NC1CC1. The van der Waals surface area contributed by atoms with Crippen molar-refractivity contribution in [1.29, 1.82) is 0 Å². The lowest BCUT2D eigenvalue weighted by Gasteiger charge is -2.13. The molecular formula is C11H17N3S. The zero-order chi connectivity index (χ0) is 10.7. The lowest BCUT2D eigenvalue weighted by atomic mass is 10.1. The standard InChI is InChI=1S/C11H17N3S/c1-8(6-9-4-5-15-7-9)13-11(12)14-10-2-3-10/h4-5,7-8,10H,2-3,6H2,1H3,(H3,12,13,14). The Labute approximate surface area is 94.4 Å². The fourth-order valence-corrected chi connectivity index (χ4v) is 2.18. The molecule has 1 unspecified atom stereocenters. The summed E-state index contributed by atoms with van der Waals surface area (Å²) in [5.74, 6) is 0.597. The molecule has 82 valence electrons. The maximum Gasteiger partial charge on any atom is 0.189 e. The minimum atomic E-state index is 0.349. The van der Waals surface area contributed by atoms with Crippen LogP contribution < -0.4 is 11.1 Å². The summed E-state index contributed by atoms with van der Waals surface area (Å²) in [7, 11) is 0. The van der Waals surface area contributed by atoms with Crippen LogP contribution in [0.25, 0.3) is 0 Å². The first-order valence-electron chi connectivity index (χ1n) is 5.35. The van der Waals surface area contributed by atoms with Crippen LogP contribution in [0, 0.1) is 0 Å². The molecule has 1 aromatic rings. The third-order valence-corrected chi connectivity index (χ3v) is 3.12. The van der Waals surface area contributed by atoms with Gasteiger partial charge in [0.1, 0.15) is 0 Å². The van der Waals surface area contributed by atoms with Crippen molar-refractivity contribution in [2.75, 3.05) is 0 Å². The second kappa shape index (κ2) is 4.66. The van der Waals surface area contributed by atoms with Gasteiger partial charge in [-0.05, 0) is 48.6 Å². The highest BCUT2D eigenvalue weighted by Gasteiger charge is 2.20. The molecule has 0 saturated heterocycles. The van der Waals surface area contributed by atoms with E-state index in [0.29, 0.717) is 18.0 Å². The summed E-state index contributed by atoms with van der Waals surface area (Å²) in [5, 5.41) is 7.50. The summed E-state index contributed by atoms with van der Waals surface area (Å²) >= 11 is 1.73. The quantitative estimate of drug-likeness (QED) is 0.603. The number of nitrogens with zero attached hydrogens (tertiary/aromatic N) is 1. The molecule has 1 atom stereocenters. The van der Waals surface area contributed by atoms with Crippen LogP contribution in [-0.4, -0.2) is 18.0 Å². The summed E-state index contributed by atoms with van der Waals surface area (Å²) in [4.78, 5) is 4.34. The van der Waals surface area contributed by atoms with Gasteiger partial charge in [-0.3, -0.25) is 4.99 Å². The Morgan fingerprint density at radius 2 is 2.53 bits per heavy atom. The molecule has 0 bridgehead atoms.